The summed E-state index contributed by atoms with van der Waals surface area (Å²) in [6.07, 6.45) is 8.12. The van der Waals surface area contributed by atoms with Crippen LogP contribution in [0.4, 0.5) is 4.79 Å². The Morgan fingerprint density at radius 1 is 0.721 bits per heavy atom. The fourth-order valence-electron chi connectivity index (χ4n) is 8.00. The highest BCUT2D eigenvalue weighted by Gasteiger charge is 2.55. The SMILES string of the molecule is COC(=O)C12CCCCC1CN(C(=O)OCc1ccccc1)C2.COC(=O)C12CCCCC1CN(Cc1ccccc1)C2. The van der Waals surface area contributed by atoms with Gasteiger partial charge >= 0.3 is 18.0 Å². The number of carbonyl (C=O) groups is 3. The second kappa shape index (κ2) is 13.9. The molecule has 0 radical (unpaired) electrons. The van der Waals surface area contributed by atoms with Crippen molar-refractivity contribution in [2.75, 3.05) is 40.4 Å². The monoisotopic (exact) mass is 590 g/mol. The molecule has 4 aliphatic rings. The Bertz CT molecular complexity index is 1240. The molecule has 2 heterocycles. The third-order valence-electron chi connectivity index (χ3n) is 10.2. The van der Waals surface area contributed by atoms with Crippen molar-refractivity contribution >= 4 is 18.0 Å². The van der Waals surface area contributed by atoms with E-state index < -0.39 is 5.41 Å². The van der Waals surface area contributed by atoms with Gasteiger partial charge < -0.3 is 19.1 Å². The van der Waals surface area contributed by atoms with Gasteiger partial charge in [0.25, 0.3) is 0 Å². The molecule has 2 aliphatic carbocycles. The van der Waals surface area contributed by atoms with Crippen LogP contribution in [0.1, 0.15) is 62.5 Å². The molecule has 4 unspecified atom stereocenters. The van der Waals surface area contributed by atoms with Gasteiger partial charge in [0.1, 0.15) is 6.61 Å². The second-order valence-corrected chi connectivity index (χ2v) is 12.8. The minimum absolute atomic E-state index is 0.0118. The molecule has 232 valence electrons. The predicted molar refractivity (Wildman–Crippen MR) is 163 cm³/mol. The summed E-state index contributed by atoms with van der Waals surface area (Å²) < 4.78 is 15.6. The van der Waals surface area contributed by atoms with Gasteiger partial charge in [-0.3, -0.25) is 14.5 Å². The maximum Gasteiger partial charge on any atom is 0.410 e. The molecule has 8 heteroatoms. The standard InChI is InChI=1S/C18H23NO4.C17H23NO2/c1-22-16(20)18-10-6-5-9-15(18)11-19(13-18)17(21)23-12-14-7-3-2-4-8-14;1-20-16(19)17-10-6-5-9-15(17)12-18(13-17)11-14-7-3-2-4-8-14/h2-4,7-8,15H,5-6,9-13H2,1H3;2-4,7-8,15H,5-6,9-13H2,1H3. The topological polar surface area (TPSA) is 85.4 Å². The second-order valence-electron chi connectivity index (χ2n) is 12.8. The number of amides is 1. The van der Waals surface area contributed by atoms with Gasteiger partial charge in [-0.05, 0) is 48.6 Å². The lowest BCUT2D eigenvalue weighted by atomic mass is 9.68. The quantitative estimate of drug-likeness (QED) is 0.309. The zero-order valence-electron chi connectivity index (χ0n) is 25.7. The highest BCUT2D eigenvalue weighted by Crippen LogP contribution is 2.49. The van der Waals surface area contributed by atoms with E-state index in [1.165, 1.54) is 32.6 Å². The van der Waals surface area contributed by atoms with Crippen molar-refractivity contribution < 1.29 is 28.6 Å². The number of nitrogens with zero attached hydrogens (tertiary/aromatic N) is 2. The first-order chi connectivity index (χ1) is 20.9. The van der Waals surface area contributed by atoms with Crippen molar-refractivity contribution in [3.05, 3.63) is 71.8 Å². The molecule has 2 saturated heterocycles. The first-order valence-corrected chi connectivity index (χ1v) is 15.8. The maximum absolute atomic E-state index is 12.4. The number of methoxy groups -OCH3 is 2. The van der Waals surface area contributed by atoms with Crippen LogP contribution in [-0.2, 0) is 37.0 Å². The van der Waals surface area contributed by atoms with Crippen molar-refractivity contribution in [1.82, 2.24) is 9.80 Å². The minimum Gasteiger partial charge on any atom is -0.469 e. The number of likely N-dealkylation sites (tertiary alicyclic amines) is 2. The van der Waals surface area contributed by atoms with E-state index in [-0.39, 0.29) is 36.0 Å². The lowest BCUT2D eigenvalue weighted by molar-refractivity contribution is -0.157. The Morgan fingerprint density at radius 3 is 1.84 bits per heavy atom. The fraction of sp³-hybridized carbons (Fsp3) is 0.571. The van der Waals surface area contributed by atoms with Crippen molar-refractivity contribution in [3.63, 3.8) is 0 Å². The predicted octanol–water partition coefficient (Wildman–Crippen LogP) is 5.84. The van der Waals surface area contributed by atoms with Crippen LogP contribution in [0.15, 0.2) is 60.7 Å². The largest absolute Gasteiger partial charge is 0.469 e. The average molecular weight is 591 g/mol. The molecule has 1 amide bonds. The number of benzene rings is 2. The van der Waals surface area contributed by atoms with Gasteiger partial charge in [0.05, 0.1) is 25.0 Å². The number of rotatable bonds is 6. The highest BCUT2D eigenvalue weighted by atomic mass is 16.6. The lowest BCUT2D eigenvalue weighted by Gasteiger charge is -2.35. The Labute approximate surface area is 255 Å². The van der Waals surface area contributed by atoms with E-state index >= 15 is 0 Å². The van der Waals surface area contributed by atoms with Crippen molar-refractivity contribution in [3.8, 4) is 0 Å². The van der Waals surface area contributed by atoms with Crippen molar-refractivity contribution in [2.45, 2.75) is 64.5 Å². The summed E-state index contributed by atoms with van der Waals surface area (Å²) in [7, 11) is 2.96. The lowest BCUT2D eigenvalue weighted by Crippen LogP contribution is -2.42. The van der Waals surface area contributed by atoms with Crippen LogP contribution in [0.25, 0.3) is 0 Å². The zero-order valence-corrected chi connectivity index (χ0v) is 25.7. The van der Waals surface area contributed by atoms with E-state index in [0.29, 0.717) is 19.0 Å². The van der Waals surface area contributed by atoms with E-state index in [2.05, 4.69) is 29.2 Å². The molecule has 0 spiro atoms. The number of ether oxygens (including phenoxy) is 3. The first-order valence-electron chi connectivity index (χ1n) is 15.8. The molecule has 2 aromatic carbocycles. The number of carbonyl (C=O) groups excluding carboxylic acids is 3. The molecule has 4 fully saturated rings. The smallest absolute Gasteiger partial charge is 0.410 e. The molecule has 0 bridgehead atoms. The van der Waals surface area contributed by atoms with Crippen LogP contribution in [0, 0.1) is 22.7 Å². The van der Waals surface area contributed by atoms with Gasteiger partial charge in [-0.1, -0.05) is 86.3 Å². The van der Waals surface area contributed by atoms with Crippen LogP contribution in [0.2, 0.25) is 0 Å². The summed E-state index contributed by atoms with van der Waals surface area (Å²) in [5.74, 6) is 0.499. The Kier molecular flexibility index (Phi) is 10.1. The molecule has 4 atom stereocenters. The Hall–Kier alpha value is -3.39. The molecule has 8 nitrogen and oxygen atoms in total. The van der Waals surface area contributed by atoms with Crippen LogP contribution >= 0.6 is 0 Å². The Balaban J connectivity index is 0.000000173. The van der Waals surface area contributed by atoms with Gasteiger partial charge in [0.2, 0.25) is 0 Å². The van der Waals surface area contributed by atoms with Crippen molar-refractivity contribution in [2.24, 2.45) is 22.7 Å². The number of hydrogen-bond acceptors (Lipinski definition) is 7. The van der Waals surface area contributed by atoms with E-state index in [1.807, 2.05) is 36.4 Å². The normalized spacial score (nSPS) is 28.1. The summed E-state index contributed by atoms with van der Waals surface area (Å²) in [5, 5.41) is 0. The number of fused-ring (bicyclic) bond motifs is 2. The maximum atomic E-state index is 12.4. The van der Waals surface area contributed by atoms with Gasteiger partial charge in [-0.25, -0.2) is 4.79 Å². The third kappa shape index (κ3) is 6.74. The van der Waals surface area contributed by atoms with Crippen LogP contribution in [0.3, 0.4) is 0 Å². The molecule has 2 aliphatic heterocycles. The Morgan fingerprint density at radius 2 is 1.26 bits per heavy atom. The van der Waals surface area contributed by atoms with Gasteiger partial charge in [0.15, 0.2) is 0 Å². The molecule has 6 rings (SSSR count). The number of hydrogen-bond donors (Lipinski definition) is 0. The minimum atomic E-state index is -0.529. The highest BCUT2D eigenvalue weighted by molar-refractivity contribution is 5.80. The van der Waals surface area contributed by atoms with E-state index in [4.69, 9.17) is 14.2 Å². The summed E-state index contributed by atoms with van der Waals surface area (Å²) >= 11 is 0. The van der Waals surface area contributed by atoms with Crippen LogP contribution in [0.5, 0.6) is 0 Å². The first kappa shape index (κ1) is 31.0. The van der Waals surface area contributed by atoms with Gasteiger partial charge in [-0.2, -0.15) is 0 Å². The molecule has 0 N–H and O–H groups in total. The van der Waals surface area contributed by atoms with Gasteiger partial charge in [-0.15, -0.1) is 0 Å². The summed E-state index contributed by atoms with van der Waals surface area (Å²) in [5.41, 5.74) is 1.52. The summed E-state index contributed by atoms with van der Waals surface area (Å²) in [6, 6.07) is 20.1. The fourth-order valence-corrected chi connectivity index (χ4v) is 8.00. The van der Waals surface area contributed by atoms with E-state index in [9.17, 15) is 14.4 Å². The average Bonchev–Trinajstić information content (AvgIpc) is 3.64. The molecular weight excluding hydrogens is 544 g/mol. The van der Waals surface area contributed by atoms with Crippen molar-refractivity contribution in [1.29, 1.82) is 0 Å². The van der Waals surface area contributed by atoms with E-state index in [0.717, 1.165) is 63.7 Å². The molecule has 2 saturated carbocycles. The third-order valence-corrected chi connectivity index (χ3v) is 10.2. The molecule has 0 aromatic heterocycles. The summed E-state index contributed by atoms with van der Waals surface area (Å²) in [6.45, 7) is 4.09. The van der Waals surface area contributed by atoms with Gasteiger partial charge in [0, 0.05) is 32.7 Å². The number of esters is 2. The molecule has 2 aromatic rings. The zero-order chi connectivity index (χ0) is 30.3. The van der Waals surface area contributed by atoms with Crippen LogP contribution < -0.4 is 0 Å². The molecular formula is C35H46N2O6. The van der Waals surface area contributed by atoms with E-state index in [1.54, 1.807) is 4.90 Å². The summed E-state index contributed by atoms with van der Waals surface area (Å²) in [4.78, 5) is 41.1. The van der Waals surface area contributed by atoms with Crippen LogP contribution in [-0.4, -0.2) is 68.2 Å². The molecule has 43 heavy (non-hydrogen) atoms.